The molecule has 1 fully saturated rings. The normalized spacial score (nSPS) is 18.0. The second-order valence-corrected chi connectivity index (χ2v) is 10.0. The summed E-state index contributed by atoms with van der Waals surface area (Å²) in [6, 6.07) is 12.0. The number of rotatable bonds is 9. The zero-order valence-corrected chi connectivity index (χ0v) is 22.9. The smallest absolute Gasteiger partial charge is 0.234 e. The first kappa shape index (κ1) is 25.6. The minimum atomic E-state index is -0.274. The Morgan fingerprint density at radius 1 is 1.10 bits per heavy atom. The number of nitrogens with two attached hydrogens (primary N) is 1. The zero-order valence-electron chi connectivity index (χ0n) is 22.1. The summed E-state index contributed by atoms with van der Waals surface area (Å²) in [5.41, 5.74) is 2.65. The van der Waals surface area contributed by atoms with Gasteiger partial charge in [0.25, 0.3) is 0 Å². The van der Waals surface area contributed by atoms with Crippen LogP contribution in [0.25, 0.3) is 5.78 Å². The predicted octanol–water partition coefficient (Wildman–Crippen LogP) is 2.51. The van der Waals surface area contributed by atoms with E-state index in [0.29, 0.717) is 47.6 Å². The summed E-state index contributed by atoms with van der Waals surface area (Å²) in [4.78, 5) is 14.5. The third-order valence-electron chi connectivity index (χ3n) is 7.25. The Balaban J connectivity index is 1.12. The molecule has 0 amide bonds. The molecular weight excluding hydrogens is 518 g/mol. The van der Waals surface area contributed by atoms with E-state index in [1.807, 2.05) is 40.3 Å². The van der Waals surface area contributed by atoms with E-state index >= 15 is 0 Å². The maximum absolute atomic E-state index is 6.35. The number of aromatic amines is 1. The highest BCUT2D eigenvalue weighted by Gasteiger charge is 2.32. The lowest BCUT2D eigenvalue weighted by atomic mass is 10.1. The fourth-order valence-electron chi connectivity index (χ4n) is 5.07. The number of nitrogens with zero attached hydrogens (tertiary/aromatic N) is 7. The first-order chi connectivity index (χ1) is 19.0. The number of anilines is 2. The van der Waals surface area contributed by atoms with Crippen LogP contribution in [-0.4, -0.2) is 89.0 Å². The van der Waals surface area contributed by atoms with Gasteiger partial charge in [0.2, 0.25) is 5.78 Å². The van der Waals surface area contributed by atoms with Gasteiger partial charge in [0.1, 0.15) is 29.9 Å². The van der Waals surface area contributed by atoms with E-state index in [1.165, 1.54) is 5.69 Å². The molecule has 39 heavy (non-hydrogen) atoms. The lowest BCUT2D eigenvalue weighted by Gasteiger charge is -2.36. The summed E-state index contributed by atoms with van der Waals surface area (Å²) in [7, 11) is 1.67. The lowest BCUT2D eigenvalue weighted by Crippen LogP contribution is -2.47. The maximum atomic E-state index is 6.35. The average molecular weight is 552 g/mol. The summed E-state index contributed by atoms with van der Waals surface area (Å²) in [5.74, 6) is 9.22. The Morgan fingerprint density at radius 2 is 1.90 bits per heavy atom. The number of methoxy groups -OCH3 is 1. The van der Waals surface area contributed by atoms with Crippen molar-refractivity contribution in [1.82, 2.24) is 24.1 Å². The molecule has 6 rings (SSSR count). The average Bonchev–Trinajstić information content (AvgIpc) is 3.68. The minimum Gasteiger partial charge on any atom is -0.491 e. The number of benzene rings is 1. The Hall–Kier alpha value is -3.65. The van der Waals surface area contributed by atoms with Gasteiger partial charge in [-0.15, -0.1) is 0 Å². The van der Waals surface area contributed by atoms with Crippen LogP contribution < -0.4 is 20.5 Å². The maximum Gasteiger partial charge on any atom is 0.234 e. The van der Waals surface area contributed by atoms with Gasteiger partial charge in [-0.1, -0.05) is 0 Å². The van der Waals surface area contributed by atoms with Crippen LogP contribution in [-0.2, 0) is 11.3 Å². The SMILES string of the molecule is COCCOc1ccc(N2CCN(CCn3c(=S)[nH]n4c5c(nc34)N(N)C(C)N=C5c3ccco3)CC2)cc1. The van der Waals surface area contributed by atoms with Crippen molar-refractivity contribution in [1.29, 1.82) is 0 Å². The molecule has 3 aromatic heterocycles. The number of aromatic nitrogens is 4. The van der Waals surface area contributed by atoms with Crippen LogP contribution in [0.2, 0.25) is 0 Å². The molecule has 0 spiro atoms. The molecule has 1 unspecified atom stereocenters. The van der Waals surface area contributed by atoms with Crippen LogP contribution in [0.4, 0.5) is 11.5 Å². The van der Waals surface area contributed by atoms with Gasteiger partial charge < -0.3 is 18.8 Å². The molecule has 0 radical (unpaired) electrons. The first-order valence-corrected chi connectivity index (χ1v) is 13.5. The van der Waals surface area contributed by atoms with Gasteiger partial charge in [0.05, 0.1) is 12.9 Å². The number of hydrazine groups is 1. The second kappa shape index (κ2) is 10.8. The summed E-state index contributed by atoms with van der Waals surface area (Å²) in [5, 5.41) is 4.86. The molecule has 1 atom stereocenters. The molecule has 0 saturated carbocycles. The van der Waals surface area contributed by atoms with E-state index in [0.717, 1.165) is 44.2 Å². The summed E-state index contributed by atoms with van der Waals surface area (Å²) in [6.45, 7) is 8.48. The van der Waals surface area contributed by atoms with Crippen molar-refractivity contribution in [2.24, 2.45) is 10.8 Å². The number of fused-ring (bicyclic) bond motifs is 3. The van der Waals surface area contributed by atoms with Crippen molar-refractivity contribution in [3.63, 3.8) is 0 Å². The molecule has 1 aromatic carbocycles. The molecule has 2 aliphatic heterocycles. The quantitative estimate of drug-likeness (QED) is 0.184. The van der Waals surface area contributed by atoms with Gasteiger partial charge in [-0.05, 0) is 55.5 Å². The van der Waals surface area contributed by atoms with Gasteiger partial charge in [0.15, 0.2) is 16.3 Å². The highest BCUT2D eigenvalue weighted by molar-refractivity contribution is 7.71. The summed E-state index contributed by atoms with van der Waals surface area (Å²) < 4.78 is 20.9. The Kier molecular flexibility index (Phi) is 7.12. The minimum absolute atomic E-state index is 0.274. The van der Waals surface area contributed by atoms with Crippen molar-refractivity contribution in [3.8, 4) is 5.75 Å². The van der Waals surface area contributed by atoms with Crippen LogP contribution in [0.1, 0.15) is 18.4 Å². The van der Waals surface area contributed by atoms with Gasteiger partial charge in [-0.25, -0.2) is 10.4 Å². The number of piperazine rings is 1. The number of nitrogens with one attached hydrogen (secondary N) is 1. The van der Waals surface area contributed by atoms with Crippen LogP contribution in [0, 0.1) is 4.77 Å². The van der Waals surface area contributed by atoms with Crippen LogP contribution in [0.15, 0.2) is 52.1 Å². The molecule has 4 aromatic rings. The fourth-order valence-corrected chi connectivity index (χ4v) is 5.34. The second-order valence-electron chi connectivity index (χ2n) is 9.65. The Labute approximate surface area is 231 Å². The highest BCUT2D eigenvalue weighted by atomic mass is 32.1. The third kappa shape index (κ3) is 4.93. The highest BCUT2D eigenvalue weighted by Crippen LogP contribution is 2.29. The first-order valence-electron chi connectivity index (χ1n) is 13.1. The van der Waals surface area contributed by atoms with Crippen molar-refractivity contribution in [2.75, 3.05) is 63.0 Å². The van der Waals surface area contributed by atoms with Crippen LogP contribution in [0.3, 0.4) is 0 Å². The monoisotopic (exact) mass is 551 g/mol. The van der Waals surface area contributed by atoms with Crippen molar-refractivity contribution >= 4 is 35.2 Å². The molecule has 13 heteroatoms. The third-order valence-corrected chi connectivity index (χ3v) is 7.56. The molecule has 0 aliphatic carbocycles. The summed E-state index contributed by atoms with van der Waals surface area (Å²) in [6.07, 6.45) is 1.36. The molecule has 3 N–H and O–H groups in total. The van der Waals surface area contributed by atoms with E-state index in [-0.39, 0.29) is 6.17 Å². The van der Waals surface area contributed by atoms with E-state index < -0.39 is 0 Å². The molecular formula is C26H33N9O3S. The number of aliphatic imine (C=N–C) groups is 1. The predicted molar refractivity (Wildman–Crippen MR) is 151 cm³/mol. The van der Waals surface area contributed by atoms with Crippen LogP contribution >= 0.6 is 12.2 Å². The number of hydrogen-bond acceptors (Lipinski definition) is 10. The number of H-pyrrole nitrogens is 1. The largest absolute Gasteiger partial charge is 0.491 e. The van der Waals surface area contributed by atoms with Gasteiger partial charge in [0, 0.05) is 52.1 Å². The van der Waals surface area contributed by atoms with Gasteiger partial charge >= 0.3 is 0 Å². The number of furan rings is 1. The molecule has 2 aliphatic rings. The van der Waals surface area contributed by atoms with E-state index in [9.17, 15) is 0 Å². The van der Waals surface area contributed by atoms with Crippen molar-refractivity contribution in [3.05, 3.63) is 58.9 Å². The topological polar surface area (TPSA) is 118 Å². The van der Waals surface area contributed by atoms with E-state index in [4.69, 9.17) is 41.9 Å². The van der Waals surface area contributed by atoms with Gasteiger partial charge in [-0.3, -0.25) is 24.6 Å². The zero-order chi connectivity index (χ0) is 26.9. The Morgan fingerprint density at radius 3 is 2.62 bits per heavy atom. The molecule has 12 nitrogen and oxygen atoms in total. The summed E-state index contributed by atoms with van der Waals surface area (Å²) >= 11 is 5.69. The molecule has 1 saturated heterocycles. The van der Waals surface area contributed by atoms with E-state index in [2.05, 4.69) is 27.0 Å². The molecule has 0 bridgehead atoms. The standard InChI is InChI=1S/C26H33N9O3S/c1-18-28-22(21-4-3-15-38-21)23-24(34(18)27)29-25-33(26(39)30-35(23)25)14-11-31-9-12-32(13-10-31)19-5-7-20(8-6-19)37-17-16-36-2/h3-8,15,18H,9-14,16-17,27H2,1-2H3,(H,30,39). The fraction of sp³-hybridized carbons (Fsp3) is 0.423. The van der Waals surface area contributed by atoms with Crippen molar-refractivity contribution in [2.45, 2.75) is 19.6 Å². The van der Waals surface area contributed by atoms with Crippen molar-refractivity contribution < 1.29 is 13.9 Å². The number of hydrogen-bond donors (Lipinski definition) is 2. The Bertz CT molecular complexity index is 1500. The lowest BCUT2D eigenvalue weighted by molar-refractivity contribution is 0.146. The van der Waals surface area contributed by atoms with Crippen LogP contribution in [0.5, 0.6) is 5.75 Å². The number of ether oxygens (including phenoxy) is 2. The van der Waals surface area contributed by atoms with E-state index in [1.54, 1.807) is 18.4 Å². The van der Waals surface area contributed by atoms with Gasteiger partial charge in [-0.2, -0.15) is 4.98 Å². The molecule has 206 valence electrons. The number of imidazole rings is 1. The molecule has 5 heterocycles.